The molecule has 0 atom stereocenters. The molecular formula is C17H13N3S3. The largest absolute Gasteiger partial charge is 0.240 e. The molecule has 1 aliphatic rings. The molecule has 1 aromatic carbocycles. The number of hydrogen-bond acceptors (Lipinski definition) is 6. The standard InChI is InChI=1S/C17H13N3S3/c1-2-6-13-11(5-1)20-14(22-13)8-21-16-15-10-4-3-7-12(10)23-17(15)19-9-18-16/h1-2,5-6,9H,3-4,7-8H2. The first kappa shape index (κ1) is 13.9. The summed E-state index contributed by atoms with van der Waals surface area (Å²) in [5.74, 6) is 0.871. The van der Waals surface area contributed by atoms with E-state index < -0.39 is 0 Å². The number of nitrogens with zero attached hydrogens (tertiary/aromatic N) is 3. The number of aromatic nitrogens is 3. The van der Waals surface area contributed by atoms with E-state index in [4.69, 9.17) is 4.98 Å². The van der Waals surface area contributed by atoms with Crippen LogP contribution >= 0.6 is 34.4 Å². The van der Waals surface area contributed by atoms with Crippen molar-refractivity contribution < 1.29 is 0 Å². The minimum atomic E-state index is 0.871. The summed E-state index contributed by atoms with van der Waals surface area (Å²) in [4.78, 5) is 16.4. The summed E-state index contributed by atoms with van der Waals surface area (Å²) in [6, 6.07) is 8.33. The number of thioether (sulfide) groups is 1. The van der Waals surface area contributed by atoms with Gasteiger partial charge in [0.2, 0.25) is 0 Å². The van der Waals surface area contributed by atoms with E-state index >= 15 is 0 Å². The van der Waals surface area contributed by atoms with Gasteiger partial charge in [-0.25, -0.2) is 15.0 Å². The lowest BCUT2D eigenvalue weighted by atomic mass is 10.2. The van der Waals surface area contributed by atoms with Crippen molar-refractivity contribution in [3.63, 3.8) is 0 Å². The van der Waals surface area contributed by atoms with Gasteiger partial charge in [0.05, 0.1) is 16.0 Å². The third-order valence-electron chi connectivity index (χ3n) is 4.14. The number of benzene rings is 1. The smallest absolute Gasteiger partial charge is 0.128 e. The van der Waals surface area contributed by atoms with Gasteiger partial charge in [-0.1, -0.05) is 23.9 Å². The summed E-state index contributed by atoms with van der Waals surface area (Å²) >= 11 is 5.42. The average molecular weight is 356 g/mol. The first-order valence-electron chi connectivity index (χ1n) is 7.61. The normalized spacial score (nSPS) is 13.9. The van der Waals surface area contributed by atoms with Crippen molar-refractivity contribution in [2.75, 3.05) is 0 Å². The lowest BCUT2D eigenvalue weighted by Crippen LogP contribution is -1.88. The molecule has 3 aromatic heterocycles. The van der Waals surface area contributed by atoms with E-state index in [1.807, 2.05) is 17.4 Å². The number of fused-ring (bicyclic) bond motifs is 4. The van der Waals surface area contributed by atoms with E-state index in [9.17, 15) is 0 Å². The SMILES string of the molecule is c1ccc2sc(CSc3ncnc4sc5c(c34)CCC5)nc2c1. The molecule has 0 saturated heterocycles. The van der Waals surface area contributed by atoms with Gasteiger partial charge < -0.3 is 0 Å². The van der Waals surface area contributed by atoms with Crippen molar-refractivity contribution in [2.24, 2.45) is 0 Å². The Labute approximate surface area is 145 Å². The monoisotopic (exact) mass is 355 g/mol. The predicted octanol–water partition coefficient (Wildman–Crippen LogP) is 5.08. The lowest BCUT2D eigenvalue weighted by molar-refractivity contribution is 0.915. The summed E-state index contributed by atoms with van der Waals surface area (Å²) in [6.07, 6.45) is 5.36. The van der Waals surface area contributed by atoms with Crippen molar-refractivity contribution in [1.82, 2.24) is 15.0 Å². The van der Waals surface area contributed by atoms with E-state index in [1.165, 1.54) is 39.8 Å². The molecule has 4 aromatic rings. The van der Waals surface area contributed by atoms with Crippen LogP contribution in [0, 0.1) is 0 Å². The van der Waals surface area contributed by atoms with E-state index in [0.717, 1.165) is 26.1 Å². The second kappa shape index (κ2) is 5.54. The molecule has 0 saturated carbocycles. The van der Waals surface area contributed by atoms with Gasteiger partial charge in [0.25, 0.3) is 0 Å². The van der Waals surface area contributed by atoms with Crippen LogP contribution in [-0.4, -0.2) is 15.0 Å². The molecule has 23 heavy (non-hydrogen) atoms. The molecule has 0 fully saturated rings. The summed E-state index contributed by atoms with van der Waals surface area (Å²) in [6.45, 7) is 0. The topological polar surface area (TPSA) is 38.7 Å². The third kappa shape index (κ3) is 2.36. The molecule has 0 unspecified atom stereocenters. The summed E-state index contributed by atoms with van der Waals surface area (Å²) in [7, 11) is 0. The average Bonchev–Trinajstić information content (AvgIpc) is 3.25. The molecule has 0 amide bonds. The third-order valence-corrected chi connectivity index (χ3v) is 7.56. The Bertz CT molecular complexity index is 985. The lowest BCUT2D eigenvalue weighted by Gasteiger charge is -2.02. The Morgan fingerprint density at radius 3 is 3.00 bits per heavy atom. The Morgan fingerprint density at radius 2 is 2.04 bits per heavy atom. The number of para-hydroxylation sites is 1. The number of aryl methyl sites for hydroxylation is 2. The fourth-order valence-electron chi connectivity index (χ4n) is 3.12. The van der Waals surface area contributed by atoms with Gasteiger partial charge >= 0.3 is 0 Å². The predicted molar refractivity (Wildman–Crippen MR) is 98.6 cm³/mol. The van der Waals surface area contributed by atoms with Crippen molar-refractivity contribution in [3.8, 4) is 0 Å². The maximum Gasteiger partial charge on any atom is 0.128 e. The van der Waals surface area contributed by atoms with Gasteiger partial charge in [0.15, 0.2) is 0 Å². The Hall–Kier alpha value is -1.50. The second-order valence-corrected chi connectivity index (χ2v) is 8.74. The van der Waals surface area contributed by atoms with Gasteiger partial charge in [-0.05, 0) is 37.0 Å². The molecule has 1 aliphatic carbocycles. The van der Waals surface area contributed by atoms with Crippen LogP contribution in [0.15, 0.2) is 35.6 Å². The molecule has 0 aliphatic heterocycles. The van der Waals surface area contributed by atoms with Gasteiger partial charge in [0.1, 0.15) is 21.2 Å². The fraction of sp³-hybridized carbons (Fsp3) is 0.235. The molecule has 3 nitrogen and oxygen atoms in total. The fourth-order valence-corrected chi connectivity index (χ4v) is 6.40. The van der Waals surface area contributed by atoms with E-state index in [1.54, 1.807) is 29.4 Å². The minimum Gasteiger partial charge on any atom is -0.240 e. The molecule has 5 rings (SSSR count). The van der Waals surface area contributed by atoms with E-state index in [-0.39, 0.29) is 0 Å². The van der Waals surface area contributed by atoms with Crippen LogP contribution in [0.1, 0.15) is 21.9 Å². The van der Waals surface area contributed by atoms with Crippen LogP contribution in [0.4, 0.5) is 0 Å². The second-order valence-electron chi connectivity index (χ2n) is 5.58. The zero-order chi connectivity index (χ0) is 15.2. The van der Waals surface area contributed by atoms with Crippen molar-refractivity contribution in [1.29, 1.82) is 0 Å². The Kier molecular flexibility index (Phi) is 3.35. The number of thiazole rings is 1. The van der Waals surface area contributed by atoms with E-state index in [2.05, 4.69) is 28.2 Å². The molecule has 0 bridgehead atoms. The van der Waals surface area contributed by atoms with Gasteiger partial charge in [-0.15, -0.1) is 22.7 Å². The molecule has 0 radical (unpaired) electrons. The first-order valence-corrected chi connectivity index (χ1v) is 10.2. The van der Waals surface area contributed by atoms with Crippen LogP contribution in [0.25, 0.3) is 20.4 Å². The quantitative estimate of drug-likeness (QED) is 0.379. The van der Waals surface area contributed by atoms with Crippen molar-refractivity contribution in [2.45, 2.75) is 30.0 Å². The minimum absolute atomic E-state index is 0.871. The van der Waals surface area contributed by atoms with Gasteiger partial charge in [0, 0.05) is 10.3 Å². The summed E-state index contributed by atoms with van der Waals surface area (Å²) in [5.41, 5.74) is 2.59. The summed E-state index contributed by atoms with van der Waals surface area (Å²) < 4.78 is 1.26. The van der Waals surface area contributed by atoms with Gasteiger partial charge in [-0.2, -0.15) is 0 Å². The van der Waals surface area contributed by atoms with E-state index in [0.29, 0.717) is 0 Å². The number of rotatable bonds is 3. The highest BCUT2D eigenvalue weighted by atomic mass is 32.2. The molecule has 6 heteroatoms. The Morgan fingerprint density at radius 1 is 1.09 bits per heavy atom. The van der Waals surface area contributed by atoms with Crippen molar-refractivity contribution in [3.05, 3.63) is 46.0 Å². The highest BCUT2D eigenvalue weighted by molar-refractivity contribution is 7.98. The van der Waals surface area contributed by atoms with Crippen LogP contribution in [0.3, 0.4) is 0 Å². The van der Waals surface area contributed by atoms with Crippen LogP contribution in [0.5, 0.6) is 0 Å². The highest BCUT2D eigenvalue weighted by Gasteiger charge is 2.21. The summed E-state index contributed by atoms with van der Waals surface area (Å²) in [5, 5.41) is 3.58. The number of hydrogen-bond donors (Lipinski definition) is 0. The zero-order valence-electron chi connectivity index (χ0n) is 12.3. The maximum absolute atomic E-state index is 4.72. The number of thiophene rings is 1. The zero-order valence-corrected chi connectivity index (χ0v) is 14.7. The molecular weight excluding hydrogens is 342 g/mol. The molecule has 0 spiro atoms. The first-order chi connectivity index (χ1) is 11.4. The van der Waals surface area contributed by atoms with Gasteiger partial charge in [-0.3, -0.25) is 0 Å². The molecule has 0 N–H and O–H groups in total. The molecule has 114 valence electrons. The van der Waals surface area contributed by atoms with Crippen LogP contribution < -0.4 is 0 Å². The van der Waals surface area contributed by atoms with Crippen LogP contribution in [-0.2, 0) is 18.6 Å². The van der Waals surface area contributed by atoms with Crippen molar-refractivity contribution >= 4 is 54.9 Å². The highest BCUT2D eigenvalue weighted by Crippen LogP contribution is 2.40. The molecule has 3 heterocycles. The van der Waals surface area contributed by atoms with Crippen LogP contribution in [0.2, 0.25) is 0 Å². The Balaban J connectivity index is 1.49. The maximum atomic E-state index is 4.72.